The molecular weight excluding hydrogens is 230 g/mol. The maximum absolute atomic E-state index is 10.9. The lowest BCUT2D eigenvalue weighted by Gasteiger charge is -2.32. The summed E-state index contributed by atoms with van der Waals surface area (Å²) in [4.78, 5) is 21.4. The lowest BCUT2D eigenvalue weighted by Crippen LogP contribution is -2.35. The number of hydrogen-bond acceptors (Lipinski definition) is 5. The third-order valence-electron chi connectivity index (χ3n) is 3.29. The van der Waals surface area contributed by atoms with Crippen LogP contribution in [0.25, 0.3) is 0 Å². The standard InChI is InChI=1S/C12H19N5O/c1-8-6-11(16-12(14)15-8)17-4-2-9(3-5-17)7-10(13)18/h6,9H,2-5,7H2,1H3,(H2,13,18)(H2,14,15,16). The summed E-state index contributed by atoms with van der Waals surface area (Å²) in [7, 11) is 0. The quantitative estimate of drug-likeness (QED) is 0.811. The van der Waals surface area contributed by atoms with E-state index in [-0.39, 0.29) is 5.91 Å². The zero-order chi connectivity index (χ0) is 13.1. The minimum absolute atomic E-state index is 0.212. The third kappa shape index (κ3) is 3.09. The van der Waals surface area contributed by atoms with E-state index in [1.807, 2.05) is 13.0 Å². The molecule has 0 unspecified atom stereocenters. The molecule has 2 heterocycles. The number of nitrogens with two attached hydrogens (primary N) is 2. The highest BCUT2D eigenvalue weighted by Gasteiger charge is 2.21. The van der Waals surface area contributed by atoms with Gasteiger partial charge in [0.05, 0.1) is 0 Å². The molecule has 0 aromatic carbocycles. The fourth-order valence-electron chi connectivity index (χ4n) is 2.39. The topological polar surface area (TPSA) is 98.1 Å². The van der Waals surface area contributed by atoms with Gasteiger partial charge in [0, 0.05) is 31.3 Å². The summed E-state index contributed by atoms with van der Waals surface area (Å²) >= 11 is 0. The van der Waals surface area contributed by atoms with E-state index in [9.17, 15) is 4.79 Å². The maximum Gasteiger partial charge on any atom is 0.222 e. The minimum Gasteiger partial charge on any atom is -0.370 e. The number of rotatable bonds is 3. The van der Waals surface area contributed by atoms with Gasteiger partial charge in [-0.05, 0) is 25.7 Å². The van der Waals surface area contributed by atoms with Crippen LogP contribution in [-0.4, -0.2) is 29.0 Å². The Labute approximate surface area is 106 Å². The Hall–Kier alpha value is -1.85. The van der Waals surface area contributed by atoms with Crippen LogP contribution in [0.3, 0.4) is 0 Å². The maximum atomic E-state index is 10.9. The van der Waals surface area contributed by atoms with E-state index in [2.05, 4.69) is 14.9 Å². The Bertz CT molecular complexity index is 420. The molecule has 1 aliphatic heterocycles. The molecule has 18 heavy (non-hydrogen) atoms. The van der Waals surface area contributed by atoms with Gasteiger partial charge in [0.25, 0.3) is 0 Å². The summed E-state index contributed by atoms with van der Waals surface area (Å²) in [5, 5.41) is 0. The molecule has 0 radical (unpaired) electrons. The van der Waals surface area contributed by atoms with Crippen molar-refractivity contribution in [1.29, 1.82) is 0 Å². The fraction of sp³-hybridized carbons (Fsp3) is 0.583. The summed E-state index contributed by atoms with van der Waals surface area (Å²) in [5.74, 6) is 1.37. The summed E-state index contributed by atoms with van der Waals surface area (Å²) in [6.45, 7) is 3.67. The number of nitrogens with zero attached hydrogens (tertiary/aromatic N) is 3. The number of carbonyl (C=O) groups is 1. The van der Waals surface area contributed by atoms with Crippen LogP contribution >= 0.6 is 0 Å². The number of carbonyl (C=O) groups excluding carboxylic acids is 1. The van der Waals surface area contributed by atoms with Gasteiger partial charge in [-0.3, -0.25) is 4.79 Å². The zero-order valence-electron chi connectivity index (χ0n) is 10.6. The second-order valence-electron chi connectivity index (χ2n) is 4.83. The highest BCUT2D eigenvalue weighted by molar-refractivity contribution is 5.74. The van der Waals surface area contributed by atoms with Crippen LogP contribution in [0.2, 0.25) is 0 Å². The smallest absolute Gasteiger partial charge is 0.222 e. The minimum atomic E-state index is -0.212. The summed E-state index contributed by atoms with van der Waals surface area (Å²) < 4.78 is 0. The van der Waals surface area contributed by atoms with Crippen LogP contribution in [0.5, 0.6) is 0 Å². The molecule has 0 bridgehead atoms. The predicted octanol–water partition coefficient (Wildman–Crippen LogP) is 0.459. The van der Waals surface area contributed by atoms with Crippen LogP contribution < -0.4 is 16.4 Å². The van der Waals surface area contributed by atoms with Gasteiger partial charge in [-0.25, -0.2) is 4.98 Å². The monoisotopic (exact) mass is 249 g/mol. The van der Waals surface area contributed by atoms with Crippen molar-refractivity contribution < 1.29 is 4.79 Å². The zero-order valence-corrected chi connectivity index (χ0v) is 10.6. The van der Waals surface area contributed by atoms with Gasteiger partial charge in [-0.2, -0.15) is 4.98 Å². The Morgan fingerprint density at radius 1 is 1.44 bits per heavy atom. The van der Waals surface area contributed by atoms with Crippen LogP contribution in [-0.2, 0) is 4.79 Å². The number of anilines is 2. The van der Waals surface area contributed by atoms with Crippen molar-refractivity contribution in [3.63, 3.8) is 0 Å². The highest BCUT2D eigenvalue weighted by atomic mass is 16.1. The number of hydrogen-bond donors (Lipinski definition) is 2. The second-order valence-corrected chi connectivity index (χ2v) is 4.83. The van der Waals surface area contributed by atoms with Crippen LogP contribution in [0.15, 0.2) is 6.07 Å². The van der Waals surface area contributed by atoms with E-state index in [1.54, 1.807) is 0 Å². The average molecular weight is 249 g/mol. The number of piperidine rings is 1. The van der Waals surface area contributed by atoms with Crippen molar-refractivity contribution in [2.45, 2.75) is 26.2 Å². The molecule has 0 aliphatic carbocycles. The normalized spacial score (nSPS) is 16.8. The first-order valence-electron chi connectivity index (χ1n) is 6.19. The van der Waals surface area contributed by atoms with Crippen molar-refractivity contribution in [3.05, 3.63) is 11.8 Å². The summed E-state index contributed by atoms with van der Waals surface area (Å²) in [6.07, 6.45) is 2.41. The van der Waals surface area contributed by atoms with E-state index < -0.39 is 0 Å². The molecule has 1 aliphatic rings. The number of aromatic nitrogens is 2. The average Bonchev–Trinajstić information content (AvgIpc) is 2.27. The molecule has 1 aromatic heterocycles. The predicted molar refractivity (Wildman–Crippen MR) is 69.9 cm³/mol. The number of primary amides is 1. The molecule has 2 rings (SSSR count). The molecule has 1 saturated heterocycles. The molecule has 4 N–H and O–H groups in total. The van der Waals surface area contributed by atoms with Gasteiger partial charge in [0.1, 0.15) is 5.82 Å². The Balaban J connectivity index is 1.98. The Morgan fingerprint density at radius 2 is 2.11 bits per heavy atom. The first-order valence-corrected chi connectivity index (χ1v) is 6.19. The van der Waals surface area contributed by atoms with Gasteiger partial charge in [0.2, 0.25) is 11.9 Å². The first kappa shape index (κ1) is 12.6. The molecule has 1 aromatic rings. The molecule has 0 atom stereocenters. The van der Waals surface area contributed by atoms with E-state index >= 15 is 0 Å². The SMILES string of the molecule is Cc1cc(N2CCC(CC(N)=O)CC2)nc(N)n1. The van der Waals surface area contributed by atoms with Crippen molar-refractivity contribution in [2.24, 2.45) is 11.7 Å². The number of aryl methyl sites for hydroxylation is 1. The van der Waals surface area contributed by atoms with Gasteiger partial charge in [-0.15, -0.1) is 0 Å². The van der Waals surface area contributed by atoms with Gasteiger partial charge < -0.3 is 16.4 Å². The second kappa shape index (κ2) is 5.20. The highest BCUT2D eigenvalue weighted by Crippen LogP contribution is 2.24. The number of amides is 1. The van der Waals surface area contributed by atoms with Crippen LogP contribution in [0, 0.1) is 12.8 Å². The molecule has 1 amide bonds. The van der Waals surface area contributed by atoms with E-state index in [0.717, 1.165) is 37.4 Å². The van der Waals surface area contributed by atoms with Gasteiger partial charge >= 0.3 is 0 Å². The van der Waals surface area contributed by atoms with Crippen molar-refractivity contribution >= 4 is 17.7 Å². The molecular formula is C12H19N5O. The third-order valence-corrected chi connectivity index (χ3v) is 3.29. The van der Waals surface area contributed by atoms with Crippen molar-refractivity contribution in [2.75, 3.05) is 23.7 Å². The van der Waals surface area contributed by atoms with Crippen molar-refractivity contribution in [3.8, 4) is 0 Å². The van der Waals surface area contributed by atoms with Crippen LogP contribution in [0.1, 0.15) is 25.0 Å². The fourth-order valence-corrected chi connectivity index (χ4v) is 2.39. The largest absolute Gasteiger partial charge is 0.370 e. The van der Waals surface area contributed by atoms with Gasteiger partial charge in [-0.1, -0.05) is 0 Å². The van der Waals surface area contributed by atoms with E-state index in [1.165, 1.54) is 0 Å². The van der Waals surface area contributed by atoms with E-state index in [4.69, 9.17) is 11.5 Å². The van der Waals surface area contributed by atoms with Crippen LogP contribution in [0.4, 0.5) is 11.8 Å². The number of nitrogen functional groups attached to an aromatic ring is 1. The molecule has 6 heteroatoms. The molecule has 6 nitrogen and oxygen atoms in total. The Morgan fingerprint density at radius 3 is 2.67 bits per heavy atom. The lowest BCUT2D eigenvalue weighted by molar-refractivity contribution is -0.119. The molecule has 0 spiro atoms. The summed E-state index contributed by atoms with van der Waals surface area (Å²) in [6, 6.07) is 1.94. The van der Waals surface area contributed by atoms with E-state index in [0.29, 0.717) is 18.3 Å². The first-order chi connectivity index (χ1) is 8.54. The van der Waals surface area contributed by atoms with Gasteiger partial charge in [0.15, 0.2) is 0 Å². The molecule has 98 valence electrons. The molecule has 1 fully saturated rings. The molecule has 0 saturated carbocycles. The Kier molecular flexibility index (Phi) is 3.64. The lowest BCUT2D eigenvalue weighted by atomic mass is 9.93. The summed E-state index contributed by atoms with van der Waals surface area (Å²) in [5.41, 5.74) is 11.7. The van der Waals surface area contributed by atoms with Crippen molar-refractivity contribution in [1.82, 2.24) is 9.97 Å².